The summed E-state index contributed by atoms with van der Waals surface area (Å²) >= 11 is 0. The van der Waals surface area contributed by atoms with Gasteiger partial charge in [-0.15, -0.1) is 0 Å². The van der Waals surface area contributed by atoms with E-state index in [4.69, 9.17) is 20.3 Å². The van der Waals surface area contributed by atoms with Crippen LogP contribution in [0, 0.1) is 0 Å². The molecule has 1 aliphatic rings. The lowest BCUT2D eigenvalue weighted by Gasteiger charge is -2.17. The van der Waals surface area contributed by atoms with E-state index in [0.29, 0.717) is 11.3 Å². The van der Waals surface area contributed by atoms with Crippen molar-refractivity contribution in [2.75, 3.05) is 6.79 Å². The van der Waals surface area contributed by atoms with Gasteiger partial charge in [0.1, 0.15) is 0 Å². The number of halogens is 2. The second-order valence-corrected chi connectivity index (χ2v) is 4.73. The van der Waals surface area contributed by atoms with Gasteiger partial charge in [-0.05, 0) is 18.6 Å². The first-order valence-corrected chi connectivity index (χ1v) is 6.08. The van der Waals surface area contributed by atoms with E-state index in [1.807, 2.05) is 0 Å². The summed E-state index contributed by atoms with van der Waals surface area (Å²) in [6, 6.07) is 1.76. The van der Waals surface area contributed by atoms with E-state index in [1.54, 1.807) is 0 Å². The van der Waals surface area contributed by atoms with Crippen molar-refractivity contribution in [3.05, 3.63) is 23.3 Å². The zero-order chi connectivity index (χ0) is 14.9. The minimum Gasteiger partial charge on any atom is -0.481 e. The molecule has 1 heterocycles. The summed E-state index contributed by atoms with van der Waals surface area (Å²) in [5.74, 6) is -3.51. The number of benzene rings is 1. The van der Waals surface area contributed by atoms with Gasteiger partial charge in [-0.3, -0.25) is 4.79 Å². The van der Waals surface area contributed by atoms with Gasteiger partial charge in [0.25, 0.3) is 5.92 Å². The molecule has 7 heteroatoms. The van der Waals surface area contributed by atoms with E-state index < -0.39 is 17.9 Å². The van der Waals surface area contributed by atoms with Crippen molar-refractivity contribution >= 4 is 5.97 Å². The van der Waals surface area contributed by atoms with Gasteiger partial charge in [0.15, 0.2) is 11.5 Å². The molecular formula is C13H15F2NO4. The number of hydrogen-bond donors (Lipinski definition) is 2. The predicted octanol–water partition coefficient (Wildman–Crippen LogP) is 2.39. The molecule has 0 spiro atoms. The summed E-state index contributed by atoms with van der Waals surface area (Å²) in [4.78, 5) is 10.6. The fourth-order valence-electron chi connectivity index (χ4n) is 2.00. The topological polar surface area (TPSA) is 81.8 Å². The molecule has 1 atom stereocenters. The maximum absolute atomic E-state index is 13.4. The Morgan fingerprint density at radius 1 is 1.50 bits per heavy atom. The zero-order valence-electron chi connectivity index (χ0n) is 10.9. The van der Waals surface area contributed by atoms with Crippen LogP contribution in [0.15, 0.2) is 12.1 Å². The molecule has 110 valence electrons. The molecule has 0 saturated carbocycles. The molecule has 0 bridgehead atoms. The highest BCUT2D eigenvalue weighted by Crippen LogP contribution is 2.43. The fraction of sp³-hybridized carbons (Fsp3) is 0.462. The first-order chi connectivity index (χ1) is 9.29. The molecule has 0 fully saturated rings. The SMILES string of the molecule is CC(F)(F)c1cc2c(c(C(N)CCC(=O)O)c1)OCO2. The summed E-state index contributed by atoms with van der Waals surface area (Å²) in [6.45, 7) is 0.712. The van der Waals surface area contributed by atoms with E-state index in [-0.39, 0.29) is 30.9 Å². The van der Waals surface area contributed by atoms with Crippen LogP contribution in [0.2, 0.25) is 0 Å². The molecule has 3 N–H and O–H groups in total. The van der Waals surface area contributed by atoms with Gasteiger partial charge in [-0.2, -0.15) is 0 Å². The number of ether oxygens (including phenoxy) is 2. The lowest BCUT2D eigenvalue weighted by atomic mass is 9.97. The number of hydrogen-bond acceptors (Lipinski definition) is 4. The number of carbonyl (C=O) groups is 1. The Morgan fingerprint density at radius 2 is 2.20 bits per heavy atom. The predicted molar refractivity (Wildman–Crippen MR) is 65.9 cm³/mol. The molecular weight excluding hydrogens is 272 g/mol. The molecule has 1 aliphatic heterocycles. The highest BCUT2D eigenvalue weighted by Gasteiger charge is 2.31. The lowest BCUT2D eigenvalue weighted by molar-refractivity contribution is -0.137. The maximum atomic E-state index is 13.4. The normalized spacial score (nSPS) is 15.2. The van der Waals surface area contributed by atoms with Crippen molar-refractivity contribution in [2.45, 2.75) is 31.7 Å². The van der Waals surface area contributed by atoms with Crippen molar-refractivity contribution in [1.29, 1.82) is 0 Å². The average Bonchev–Trinajstić information content (AvgIpc) is 2.81. The maximum Gasteiger partial charge on any atom is 0.303 e. The van der Waals surface area contributed by atoms with Crippen LogP contribution in [-0.2, 0) is 10.7 Å². The molecule has 0 radical (unpaired) electrons. The molecule has 0 aliphatic carbocycles. The molecule has 0 saturated heterocycles. The Kier molecular flexibility index (Phi) is 3.80. The standard InChI is InChI=1S/C13H15F2NO4/c1-13(14,15)7-4-8(9(16)2-3-11(17)18)12-10(5-7)19-6-20-12/h4-5,9H,2-3,6,16H2,1H3,(H,17,18). The van der Waals surface area contributed by atoms with Crippen LogP contribution in [0.1, 0.15) is 36.9 Å². The number of nitrogens with two attached hydrogens (primary N) is 1. The van der Waals surface area contributed by atoms with E-state index in [2.05, 4.69) is 0 Å². The van der Waals surface area contributed by atoms with E-state index in [9.17, 15) is 13.6 Å². The highest BCUT2D eigenvalue weighted by atomic mass is 19.3. The number of alkyl halides is 2. The van der Waals surface area contributed by atoms with Crippen molar-refractivity contribution in [3.8, 4) is 11.5 Å². The van der Waals surface area contributed by atoms with E-state index in [1.165, 1.54) is 12.1 Å². The van der Waals surface area contributed by atoms with Gasteiger partial charge in [0, 0.05) is 30.5 Å². The Morgan fingerprint density at radius 3 is 2.80 bits per heavy atom. The number of carboxylic acid groups (broad SMARTS) is 1. The minimum absolute atomic E-state index is 0.0628. The van der Waals surface area contributed by atoms with Crippen LogP contribution in [0.25, 0.3) is 0 Å². The Bertz CT molecular complexity index is 528. The average molecular weight is 287 g/mol. The Balaban J connectivity index is 2.36. The second-order valence-electron chi connectivity index (χ2n) is 4.73. The van der Waals surface area contributed by atoms with Gasteiger partial charge < -0.3 is 20.3 Å². The largest absolute Gasteiger partial charge is 0.481 e. The second kappa shape index (κ2) is 5.24. The van der Waals surface area contributed by atoms with Crippen LogP contribution < -0.4 is 15.2 Å². The summed E-state index contributed by atoms with van der Waals surface area (Å²) in [6.07, 6.45) is -0.0204. The molecule has 1 unspecified atom stereocenters. The summed E-state index contributed by atoms with van der Waals surface area (Å²) < 4.78 is 37.3. The van der Waals surface area contributed by atoms with Crippen LogP contribution in [0.3, 0.4) is 0 Å². The van der Waals surface area contributed by atoms with Gasteiger partial charge in [-0.1, -0.05) is 0 Å². The highest BCUT2D eigenvalue weighted by molar-refractivity contribution is 5.66. The molecule has 0 amide bonds. The van der Waals surface area contributed by atoms with E-state index in [0.717, 1.165) is 6.92 Å². The smallest absolute Gasteiger partial charge is 0.303 e. The third-order valence-corrected chi connectivity index (χ3v) is 3.08. The van der Waals surface area contributed by atoms with Gasteiger partial charge >= 0.3 is 5.97 Å². The van der Waals surface area contributed by atoms with Crippen molar-refractivity contribution in [2.24, 2.45) is 5.73 Å². The van der Waals surface area contributed by atoms with Crippen LogP contribution in [0.5, 0.6) is 11.5 Å². The zero-order valence-corrected chi connectivity index (χ0v) is 10.9. The third kappa shape index (κ3) is 2.98. The fourth-order valence-corrected chi connectivity index (χ4v) is 2.00. The van der Waals surface area contributed by atoms with Gasteiger partial charge in [0.2, 0.25) is 6.79 Å². The number of rotatable bonds is 5. The molecule has 2 rings (SSSR count). The quantitative estimate of drug-likeness (QED) is 0.869. The van der Waals surface area contributed by atoms with Crippen molar-refractivity contribution in [1.82, 2.24) is 0 Å². The van der Waals surface area contributed by atoms with E-state index >= 15 is 0 Å². The third-order valence-electron chi connectivity index (χ3n) is 3.08. The minimum atomic E-state index is -3.04. The summed E-state index contributed by atoms with van der Waals surface area (Å²) in [5, 5.41) is 8.66. The molecule has 5 nitrogen and oxygen atoms in total. The van der Waals surface area contributed by atoms with Gasteiger partial charge in [0.05, 0.1) is 0 Å². The Labute approximate surface area is 114 Å². The number of fused-ring (bicyclic) bond motifs is 1. The van der Waals surface area contributed by atoms with Crippen LogP contribution >= 0.6 is 0 Å². The molecule has 0 aromatic heterocycles. The number of aliphatic carboxylic acids is 1. The first kappa shape index (κ1) is 14.5. The first-order valence-electron chi connectivity index (χ1n) is 6.08. The van der Waals surface area contributed by atoms with Crippen LogP contribution in [-0.4, -0.2) is 17.9 Å². The Hall–Kier alpha value is -1.89. The molecule has 1 aromatic carbocycles. The lowest BCUT2D eigenvalue weighted by Crippen LogP contribution is -2.15. The van der Waals surface area contributed by atoms with Crippen LogP contribution in [0.4, 0.5) is 8.78 Å². The molecule has 20 heavy (non-hydrogen) atoms. The number of carboxylic acids is 1. The molecule has 1 aromatic rings. The summed E-state index contributed by atoms with van der Waals surface area (Å²) in [7, 11) is 0. The summed E-state index contributed by atoms with van der Waals surface area (Å²) in [5.41, 5.74) is 6.00. The van der Waals surface area contributed by atoms with Crippen molar-refractivity contribution in [3.63, 3.8) is 0 Å². The van der Waals surface area contributed by atoms with Crippen molar-refractivity contribution < 1.29 is 28.2 Å². The van der Waals surface area contributed by atoms with Gasteiger partial charge in [-0.25, -0.2) is 8.78 Å². The monoisotopic (exact) mass is 287 g/mol.